The monoisotopic (exact) mass is 238 g/mol. The van der Waals surface area contributed by atoms with Crippen LogP contribution in [0.4, 0.5) is 0 Å². The summed E-state index contributed by atoms with van der Waals surface area (Å²) in [5, 5.41) is 24.6. The van der Waals surface area contributed by atoms with Gasteiger partial charge in [0.25, 0.3) is 0 Å². The quantitative estimate of drug-likeness (QED) is 0.834. The largest absolute Gasteiger partial charge is 0.390 e. The summed E-state index contributed by atoms with van der Waals surface area (Å²) in [6.07, 6.45) is 7.22. The van der Waals surface area contributed by atoms with Gasteiger partial charge in [-0.1, -0.05) is 19.3 Å². The lowest BCUT2D eigenvalue weighted by atomic mass is 9.79. The molecular formula is C13H22N2O2. The molecule has 96 valence electrons. The molecule has 1 heterocycles. The van der Waals surface area contributed by atoms with Crippen molar-refractivity contribution in [3.05, 3.63) is 18.0 Å². The fourth-order valence-electron chi connectivity index (χ4n) is 2.70. The first kappa shape index (κ1) is 12.6. The highest BCUT2D eigenvalue weighted by Crippen LogP contribution is 2.32. The van der Waals surface area contributed by atoms with Gasteiger partial charge in [0.05, 0.1) is 11.7 Å². The van der Waals surface area contributed by atoms with E-state index >= 15 is 0 Å². The maximum atomic E-state index is 10.4. The van der Waals surface area contributed by atoms with Gasteiger partial charge in [0.2, 0.25) is 0 Å². The van der Waals surface area contributed by atoms with Crippen molar-refractivity contribution in [3.63, 3.8) is 0 Å². The third-order valence-corrected chi connectivity index (χ3v) is 3.94. The minimum absolute atomic E-state index is 0.607. The molecule has 2 N–H and O–H groups in total. The van der Waals surface area contributed by atoms with Crippen molar-refractivity contribution in [2.75, 3.05) is 0 Å². The molecule has 0 radical (unpaired) electrons. The summed E-state index contributed by atoms with van der Waals surface area (Å²) < 4.78 is 1.82. The van der Waals surface area contributed by atoms with Crippen LogP contribution < -0.4 is 0 Å². The molecule has 1 aromatic heterocycles. The summed E-state index contributed by atoms with van der Waals surface area (Å²) in [5.74, 6) is 0. The average molecular weight is 238 g/mol. The number of hydrogen-bond donors (Lipinski definition) is 2. The van der Waals surface area contributed by atoms with E-state index in [9.17, 15) is 10.2 Å². The van der Waals surface area contributed by atoms with Crippen LogP contribution >= 0.6 is 0 Å². The zero-order valence-electron chi connectivity index (χ0n) is 10.5. The van der Waals surface area contributed by atoms with Gasteiger partial charge in [-0.25, -0.2) is 0 Å². The average Bonchev–Trinajstić information content (AvgIpc) is 2.73. The Morgan fingerprint density at radius 3 is 2.71 bits per heavy atom. The molecule has 0 spiro atoms. The Balaban J connectivity index is 1.88. The number of aliphatic hydroxyl groups excluding tert-OH is 1. The maximum Gasteiger partial charge on any atom is 0.0905 e. The van der Waals surface area contributed by atoms with Crippen LogP contribution in [0.25, 0.3) is 0 Å². The van der Waals surface area contributed by atoms with Crippen LogP contribution in [-0.2, 0) is 13.5 Å². The molecule has 1 aliphatic carbocycles. The Hall–Kier alpha value is -0.870. The molecule has 1 saturated carbocycles. The lowest BCUT2D eigenvalue weighted by Crippen LogP contribution is -2.44. The Labute approximate surface area is 102 Å². The van der Waals surface area contributed by atoms with Gasteiger partial charge in [0, 0.05) is 18.9 Å². The molecule has 17 heavy (non-hydrogen) atoms. The first-order valence-corrected chi connectivity index (χ1v) is 6.49. The standard InChI is InChI=1S/C13H22N2O2/c1-15-11(7-10-14-15)5-6-12(16)13(17)8-3-2-4-9-13/h7,10,12,16-17H,2-6,8-9H2,1H3. The van der Waals surface area contributed by atoms with Gasteiger partial charge in [0.15, 0.2) is 0 Å². The van der Waals surface area contributed by atoms with Crippen molar-refractivity contribution < 1.29 is 10.2 Å². The van der Waals surface area contributed by atoms with Crippen LogP contribution in [0.2, 0.25) is 0 Å². The Bertz CT molecular complexity index is 356. The van der Waals surface area contributed by atoms with Crippen LogP contribution in [-0.4, -0.2) is 31.7 Å². The van der Waals surface area contributed by atoms with Gasteiger partial charge in [-0.2, -0.15) is 5.10 Å². The van der Waals surface area contributed by atoms with Gasteiger partial charge in [-0.15, -0.1) is 0 Å². The highest BCUT2D eigenvalue weighted by Gasteiger charge is 2.36. The number of aromatic nitrogens is 2. The van der Waals surface area contributed by atoms with E-state index in [-0.39, 0.29) is 0 Å². The van der Waals surface area contributed by atoms with E-state index in [0.717, 1.165) is 37.8 Å². The predicted octanol–water partition coefficient (Wildman–Crippen LogP) is 1.41. The lowest BCUT2D eigenvalue weighted by Gasteiger charge is -2.36. The molecule has 0 bridgehead atoms. The number of aliphatic hydroxyl groups is 2. The number of hydrogen-bond acceptors (Lipinski definition) is 3. The predicted molar refractivity (Wildman–Crippen MR) is 65.6 cm³/mol. The van der Waals surface area contributed by atoms with Crippen molar-refractivity contribution in [1.29, 1.82) is 0 Å². The molecule has 1 atom stereocenters. The smallest absolute Gasteiger partial charge is 0.0905 e. The van der Waals surface area contributed by atoms with E-state index in [4.69, 9.17) is 0 Å². The third-order valence-electron chi connectivity index (χ3n) is 3.94. The minimum atomic E-state index is -0.850. The third kappa shape index (κ3) is 2.87. The first-order valence-electron chi connectivity index (χ1n) is 6.49. The lowest BCUT2D eigenvalue weighted by molar-refractivity contribution is -0.0993. The van der Waals surface area contributed by atoms with E-state index in [1.165, 1.54) is 6.42 Å². The van der Waals surface area contributed by atoms with Crippen molar-refractivity contribution in [3.8, 4) is 0 Å². The second-order valence-corrected chi connectivity index (χ2v) is 5.16. The summed E-state index contributed by atoms with van der Waals surface area (Å²) in [6.45, 7) is 0. The number of nitrogens with zero attached hydrogens (tertiary/aromatic N) is 2. The van der Waals surface area contributed by atoms with Crippen LogP contribution in [0.1, 0.15) is 44.2 Å². The van der Waals surface area contributed by atoms with Crippen LogP contribution in [0.5, 0.6) is 0 Å². The second-order valence-electron chi connectivity index (χ2n) is 5.16. The molecule has 1 aliphatic rings. The molecule has 1 fully saturated rings. The highest BCUT2D eigenvalue weighted by molar-refractivity contribution is 5.01. The van der Waals surface area contributed by atoms with Crippen molar-refractivity contribution in [1.82, 2.24) is 9.78 Å². The van der Waals surface area contributed by atoms with E-state index in [1.807, 2.05) is 17.8 Å². The van der Waals surface area contributed by atoms with Crippen LogP contribution in [0.15, 0.2) is 12.3 Å². The Morgan fingerprint density at radius 1 is 1.41 bits per heavy atom. The molecule has 0 amide bonds. The summed E-state index contributed by atoms with van der Waals surface area (Å²) in [6, 6.07) is 1.96. The zero-order valence-corrected chi connectivity index (χ0v) is 10.5. The Kier molecular flexibility index (Phi) is 3.84. The fourth-order valence-corrected chi connectivity index (χ4v) is 2.70. The molecule has 1 unspecified atom stereocenters. The molecule has 4 heteroatoms. The van der Waals surface area contributed by atoms with Gasteiger partial charge in [0.1, 0.15) is 0 Å². The molecule has 0 aliphatic heterocycles. The molecule has 0 saturated heterocycles. The van der Waals surface area contributed by atoms with Gasteiger partial charge in [-0.05, 0) is 31.7 Å². The van der Waals surface area contributed by atoms with Crippen molar-refractivity contribution in [2.45, 2.75) is 56.7 Å². The van der Waals surface area contributed by atoms with Crippen LogP contribution in [0, 0.1) is 0 Å². The van der Waals surface area contributed by atoms with Gasteiger partial charge < -0.3 is 10.2 Å². The topological polar surface area (TPSA) is 58.3 Å². The van der Waals surface area contributed by atoms with Gasteiger partial charge >= 0.3 is 0 Å². The fraction of sp³-hybridized carbons (Fsp3) is 0.769. The molecule has 2 rings (SSSR count). The zero-order chi connectivity index (χ0) is 12.3. The maximum absolute atomic E-state index is 10.4. The van der Waals surface area contributed by atoms with E-state index in [2.05, 4.69) is 5.10 Å². The number of rotatable bonds is 4. The molecule has 1 aromatic rings. The molecule has 0 aromatic carbocycles. The summed E-state index contributed by atoms with van der Waals surface area (Å²) in [7, 11) is 1.90. The Morgan fingerprint density at radius 2 is 2.12 bits per heavy atom. The van der Waals surface area contributed by atoms with Crippen molar-refractivity contribution >= 4 is 0 Å². The summed E-state index contributed by atoms with van der Waals surface area (Å²) in [4.78, 5) is 0. The van der Waals surface area contributed by atoms with Crippen molar-refractivity contribution in [2.24, 2.45) is 7.05 Å². The normalized spacial score (nSPS) is 21.4. The second kappa shape index (κ2) is 5.19. The van der Waals surface area contributed by atoms with Crippen LogP contribution in [0.3, 0.4) is 0 Å². The SMILES string of the molecule is Cn1nccc1CCC(O)C1(O)CCCCC1. The molecular weight excluding hydrogens is 216 g/mol. The highest BCUT2D eigenvalue weighted by atomic mass is 16.3. The first-order chi connectivity index (χ1) is 8.12. The van der Waals surface area contributed by atoms with Gasteiger partial charge in [-0.3, -0.25) is 4.68 Å². The number of aryl methyl sites for hydroxylation is 2. The summed E-state index contributed by atoms with van der Waals surface area (Å²) >= 11 is 0. The van der Waals surface area contributed by atoms with E-state index in [0.29, 0.717) is 6.42 Å². The minimum Gasteiger partial charge on any atom is -0.390 e. The van der Waals surface area contributed by atoms with E-state index < -0.39 is 11.7 Å². The molecule has 4 nitrogen and oxygen atoms in total. The van der Waals surface area contributed by atoms with E-state index in [1.54, 1.807) is 6.20 Å². The summed E-state index contributed by atoms with van der Waals surface area (Å²) in [5.41, 5.74) is 0.250.